The first kappa shape index (κ1) is 24.8. The monoisotopic (exact) mass is 505 g/mol. The molecule has 0 atom stereocenters. The van der Waals surface area contributed by atoms with Crippen LogP contribution in [0.3, 0.4) is 0 Å². The SMILES string of the molecule is Cl.O=C(Nc1ccc(Cl)cn1)c1cc(Cl)ccc1NC(=O)C1CCN(c2ccncc2)CC1. The summed E-state index contributed by atoms with van der Waals surface area (Å²) in [5.41, 5.74) is 1.77. The summed E-state index contributed by atoms with van der Waals surface area (Å²) in [7, 11) is 0. The average Bonchev–Trinajstić information content (AvgIpc) is 2.82. The van der Waals surface area contributed by atoms with E-state index in [0.717, 1.165) is 31.6 Å². The number of halogens is 3. The van der Waals surface area contributed by atoms with E-state index in [1.807, 2.05) is 12.1 Å². The largest absolute Gasteiger partial charge is 0.371 e. The predicted molar refractivity (Wildman–Crippen MR) is 134 cm³/mol. The third-order valence-corrected chi connectivity index (χ3v) is 5.81. The maximum atomic E-state index is 12.9. The summed E-state index contributed by atoms with van der Waals surface area (Å²) >= 11 is 11.9. The number of amides is 2. The molecule has 1 aliphatic rings. The van der Waals surface area contributed by atoms with Crippen molar-refractivity contribution in [2.45, 2.75) is 12.8 Å². The number of pyridine rings is 2. The minimum atomic E-state index is -0.426. The molecule has 0 bridgehead atoms. The highest BCUT2D eigenvalue weighted by atomic mass is 35.5. The molecule has 2 amide bonds. The van der Waals surface area contributed by atoms with Gasteiger partial charge in [-0.05, 0) is 55.3 Å². The Kier molecular flexibility index (Phi) is 8.49. The number of piperidine rings is 1. The molecule has 0 aliphatic carbocycles. The number of benzene rings is 1. The van der Waals surface area contributed by atoms with Gasteiger partial charge in [0.05, 0.1) is 16.3 Å². The Morgan fingerprint density at radius 3 is 2.30 bits per heavy atom. The van der Waals surface area contributed by atoms with Crippen LogP contribution in [-0.4, -0.2) is 34.9 Å². The topological polar surface area (TPSA) is 87.2 Å². The number of anilines is 3. The van der Waals surface area contributed by atoms with Crippen molar-refractivity contribution in [2.75, 3.05) is 28.6 Å². The van der Waals surface area contributed by atoms with Crippen LogP contribution in [0.5, 0.6) is 0 Å². The molecule has 2 N–H and O–H groups in total. The zero-order valence-electron chi connectivity index (χ0n) is 17.5. The molecule has 10 heteroatoms. The maximum absolute atomic E-state index is 12.9. The van der Waals surface area contributed by atoms with E-state index in [0.29, 0.717) is 21.6 Å². The summed E-state index contributed by atoms with van der Waals surface area (Å²) in [4.78, 5) is 36.1. The van der Waals surface area contributed by atoms with Crippen LogP contribution < -0.4 is 15.5 Å². The second kappa shape index (κ2) is 11.3. The van der Waals surface area contributed by atoms with Crippen LogP contribution in [0.1, 0.15) is 23.2 Å². The maximum Gasteiger partial charge on any atom is 0.258 e. The van der Waals surface area contributed by atoms with E-state index in [-0.39, 0.29) is 29.8 Å². The highest BCUT2D eigenvalue weighted by Crippen LogP contribution is 2.26. The molecule has 3 heterocycles. The summed E-state index contributed by atoms with van der Waals surface area (Å²) in [5, 5.41) is 6.47. The van der Waals surface area contributed by atoms with Crippen molar-refractivity contribution in [3.05, 3.63) is 76.7 Å². The van der Waals surface area contributed by atoms with Gasteiger partial charge >= 0.3 is 0 Å². The van der Waals surface area contributed by atoms with Crippen LogP contribution in [0.2, 0.25) is 10.0 Å². The number of carbonyl (C=O) groups excluding carboxylic acids is 2. The first-order valence-corrected chi connectivity index (χ1v) is 10.9. The second-order valence-corrected chi connectivity index (χ2v) is 8.33. The number of hydrogen-bond donors (Lipinski definition) is 2. The van der Waals surface area contributed by atoms with Crippen LogP contribution in [-0.2, 0) is 4.79 Å². The molecule has 0 spiro atoms. The number of aromatic nitrogens is 2. The molecule has 0 saturated carbocycles. The molecule has 172 valence electrons. The van der Waals surface area contributed by atoms with Gasteiger partial charge in [-0.25, -0.2) is 4.98 Å². The molecule has 1 aliphatic heterocycles. The molecule has 1 saturated heterocycles. The molecular weight excluding hydrogens is 485 g/mol. The first-order valence-electron chi connectivity index (χ1n) is 10.2. The van der Waals surface area contributed by atoms with Crippen LogP contribution in [0.15, 0.2) is 61.1 Å². The highest BCUT2D eigenvalue weighted by Gasteiger charge is 2.26. The fourth-order valence-corrected chi connectivity index (χ4v) is 3.92. The van der Waals surface area contributed by atoms with Gasteiger partial charge in [0.25, 0.3) is 5.91 Å². The van der Waals surface area contributed by atoms with Crippen molar-refractivity contribution in [3.8, 4) is 0 Å². The summed E-state index contributed by atoms with van der Waals surface area (Å²) in [6, 6.07) is 12.0. The van der Waals surface area contributed by atoms with Crippen molar-refractivity contribution in [1.29, 1.82) is 0 Å². The fourth-order valence-electron chi connectivity index (χ4n) is 3.64. The van der Waals surface area contributed by atoms with Crippen molar-refractivity contribution >= 4 is 64.6 Å². The van der Waals surface area contributed by atoms with Crippen LogP contribution >= 0.6 is 35.6 Å². The normalized spacial score (nSPS) is 13.7. The van der Waals surface area contributed by atoms with E-state index in [2.05, 4.69) is 25.5 Å². The van der Waals surface area contributed by atoms with E-state index in [9.17, 15) is 9.59 Å². The smallest absolute Gasteiger partial charge is 0.258 e. The molecule has 2 aromatic heterocycles. The van der Waals surface area contributed by atoms with E-state index >= 15 is 0 Å². The Bertz CT molecular complexity index is 1100. The summed E-state index contributed by atoms with van der Waals surface area (Å²) in [5.74, 6) is -0.330. The second-order valence-electron chi connectivity index (χ2n) is 7.46. The zero-order chi connectivity index (χ0) is 22.5. The third-order valence-electron chi connectivity index (χ3n) is 5.35. The minimum absolute atomic E-state index is 0. The number of rotatable bonds is 5. The standard InChI is InChI=1S/C23H21Cl2N5O2.ClH/c24-16-1-3-20(19(13-16)23(32)29-21-4-2-17(25)14-27-21)28-22(31)15-7-11-30(12-8-15)18-5-9-26-10-6-18;/h1-6,9-10,13-15H,7-8,11-12H2,(H,28,31)(H,27,29,32);1H. The molecule has 1 aromatic carbocycles. The van der Waals surface area contributed by atoms with Gasteiger partial charge < -0.3 is 15.5 Å². The lowest BCUT2D eigenvalue weighted by Gasteiger charge is -2.33. The lowest BCUT2D eigenvalue weighted by Crippen LogP contribution is -2.38. The Labute approximate surface area is 207 Å². The summed E-state index contributed by atoms with van der Waals surface area (Å²) in [6.45, 7) is 1.55. The van der Waals surface area contributed by atoms with E-state index in [4.69, 9.17) is 23.2 Å². The molecule has 4 rings (SSSR count). The lowest BCUT2D eigenvalue weighted by atomic mass is 9.95. The molecule has 0 radical (unpaired) electrons. The number of carbonyl (C=O) groups is 2. The highest BCUT2D eigenvalue weighted by molar-refractivity contribution is 6.31. The van der Waals surface area contributed by atoms with E-state index in [1.54, 1.807) is 36.7 Å². The molecule has 3 aromatic rings. The van der Waals surface area contributed by atoms with Gasteiger partial charge in [0.15, 0.2) is 0 Å². The van der Waals surface area contributed by atoms with Gasteiger partial charge in [0.1, 0.15) is 5.82 Å². The van der Waals surface area contributed by atoms with Gasteiger partial charge in [0, 0.05) is 48.3 Å². The van der Waals surface area contributed by atoms with E-state index < -0.39 is 5.91 Å². The predicted octanol–water partition coefficient (Wildman–Crippen LogP) is 5.31. The first-order chi connectivity index (χ1) is 15.5. The zero-order valence-corrected chi connectivity index (χ0v) is 19.8. The van der Waals surface area contributed by atoms with Crippen molar-refractivity contribution < 1.29 is 9.59 Å². The van der Waals surface area contributed by atoms with Gasteiger partial charge in [-0.3, -0.25) is 14.6 Å². The number of nitrogens with one attached hydrogen (secondary N) is 2. The molecular formula is C23H22Cl3N5O2. The van der Waals surface area contributed by atoms with E-state index in [1.165, 1.54) is 12.3 Å². The molecule has 0 unspecified atom stereocenters. The summed E-state index contributed by atoms with van der Waals surface area (Å²) in [6.07, 6.45) is 6.41. The van der Waals surface area contributed by atoms with Gasteiger partial charge in [-0.2, -0.15) is 0 Å². The molecule has 1 fully saturated rings. The molecule has 33 heavy (non-hydrogen) atoms. The van der Waals surface area contributed by atoms with Gasteiger partial charge in [0.2, 0.25) is 5.91 Å². The van der Waals surface area contributed by atoms with Crippen LogP contribution in [0.4, 0.5) is 17.2 Å². The minimum Gasteiger partial charge on any atom is -0.371 e. The fraction of sp³-hybridized carbons (Fsp3) is 0.217. The van der Waals surface area contributed by atoms with Crippen molar-refractivity contribution in [3.63, 3.8) is 0 Å². The quantitative estimate of drug-likeness (QED) is 0.489. The Balaban J connectivity index is 0.00000306. The Morgan fingerprint density at radius 1 is 0.939 bits per heavy atom. The Hall–Kier alpha value is -2.87. The lowest BCUT2D eigenvalue weighted by molar-refractivity contribution is -0.120. The van der Waals surface area contributed by atoms with Crippen LogP contribution in [0, 0.1) is 5.92 Å². The average molecular weight is 507 g/mol. The Morgan fingerprint density at radius 2 is 1.64 bits per heavy atom. The van der Waals surface area contributed by atoms with Gasteiger partial charge in [-0.1, -0.05) is 23.2 Å². The van der Waals surface area contributed by atoms with Gasteiger partial charge in [-0.15, -0.1) is 12.4 Å². The van der Waals surface area contributed by atoms with Crippen molar-refractivity contribution in [2.24, 2.45) is 5.92 Å². The summed E-state index contributed by atoms with van der Waals surface area (Å²) < 4.78 is 0. The number of nitrogens with zero attached hydrogens (tertiary/aromatic N) is 3. The third kappa shape index (κ3) is 6.35. The number of hydrogen-bond acceptors (Lipinski definition) is 5. The van der Waals surface area contributed by atoms with Crippen LogP contribution in [0.25, 0.3) is 0 Å². The van der Waals surface area contributed by atoms with Crippen molar-refractivity contribution in [1.82, 2.24) is 9.97 Å². The molecule has 7 nitrogen and oxygen atoms in total.